The van der Waals surface area contributed by atoms with Crippen molar-refractivity contribution in [3.63, 3.8) is 0 Å². The van der Waals surface area contributed by atoms with Crippen molar-refractivity contribution >= 4 is 55.2 Å². The fraction of sp³-hybridized carbons (Fsp3) is 0.174. The summed E-state index contributed by atoms with van der Waals surface area (Å²) in [5.74, 6) is 9.09. The number of hydrogen-bond acceptors (Lipinski definition) is 8. The minimum atomic E-state index is 0.439. The molecular formula is C46H42N6O2. The third-order valence-electron chi connectivity index (χ3n) is 9.69. The molecule has 8 nitrogen and oxygen atoms in total. The van der Waals surface area contributed by atoms with E-state index in [-0.39, 0.29) is 0 Å². The Morgan fingerprint density at radius 3 is 1.72 bits per heavy atom. The van der Waals surface area contributed by atoms with Crippen LogP contribution in [-0.2, 0) is 12.8 Å². The van der Waals surface area contributed by atoms with E-state index in [1.165, 1.54) is 22.3 Å². The van der Waals surface area contributed by atoms with Gasteiger partial charge in [-0.2, -0.15) is 0 Å². The van der Waals surface area contributed by atoms with E-state index in [2.05, 4.69) is 94.2 Å². The Balaban J connectivity index is 0.000000167. The number of fused-ring (bicyclic) bond motifs is 6. The molecule has 0 atom stereocenters. The second kappa shape index (κ2) is 15.1. The van der Waals surface area contributed by atoms with Gasteiger partial charge in [0.15, 0.2) is 11.6 Å². The zero-order valence-electron chi connectivity index (χ0n) is 31.4. The smallest absolute Gasteiger partial charge is 0.150 e. The molecular weight excluding hydrogens is 669 g/mol. The average molecular weight is 711 g/mol. The molecule has 0 aliphatic rings. The first kappa shape index (κ1) is 35.7. The fourth-order valence-electron chi connectivity index (χ4n) is 6.68. The van der Waals surface area contributed by atoms with E-state index in [9.17, 15) is 0 Å². The Kier molecular flexibility index (Phi) is 9.97. The molecule has 0 saturated heterocycles. The van der Waals surface area contributed by atoms with Crippen LogP contribution in [0.1, 0.15) is 44.5 Å². The van der Waals surface area contributed by atoms with Crippen molar-refractivity contribution in [3.05, 3.63) is 142 Å². The molecule has 8 aromatic rings. The Labute approximate surface area is 315 Å². The van der Waals surface area contributed by atoms with E-state index >= 15 is 0 Å². The SMILES string of the molecule is COc1ccc(C#Cc2cnc3c(N)nc4cc(C)ccc4c3c2)c(C)c1.COc1ccc(CCc2cnc3c(N)nc4cc(C)ccc4c3c2)c(C)c1. The highest BCUT2D eigenvalue weighted by molar-refractivity contribution is 6.09. The lowest BCUT2D eigenvalue weighted by Crippen LogP contribution is -1.99. The lowest BCUT2D eigenvalue weighted by molar-refractivity contribution is 0.414. The van der Waals surface area contributed by atoms with Crippen molar-refractivity contribution in [2.45, 2.75) is 40.5 Å². The van der Waals surface area contributed by atoms with Crippen LogP contribution < -0.4 is 20.9 Å². The Morgan fingerprint density at radius 1 is 0.556 bits per heavy atom. The number of nitrogens with zero attached hydrogens (tertiary/aromatic N) is 4. The van der Waals surface area contributed by atoms with Gasteiger partial charge in [0, 0.05) is 45.1 Å². The molecule has 54 heavy (non-hydrogen) atoms. The highest BCUT2D eigenvalue weighted by atomic mass is 16.5. The van der Waals surface area contributed by atoms with Gasteiger partial charge in [0.25, 0.3) is 0 Å². The third-order valence-corrected chi connectivity index (χ3v) is 9.69. The molecule has 0 fully saturated rings. The summed E-state index contributed by atoms with van der Waals surface area (Å²) in [6.45, 7) is 8.25. The predicted octanol–water partition coefficient (Wildman–Crippen LogP) is 9.17. The summed E-state index contributed by atoms with van der Waals surface area (Å²) >= 11 is 0. The number of methoxy groups -OCH3 is 2. The average Bonchev–Trinajstić information content (AvgIpc) is 3.16. The second-order valence-corrected chi connectivity index (χ2v) is 13.6. The van der Waals surface area contributed by atoms with E-state index in [0.29, 0.717) is 17.2 Å². The largest absolute Gasteiger partial charge is 0.497 e. The maximum Gasteiger partial charge on any atom is 0.150 e. The molecule has 8 rings (SSSR count). The number of nitrogen functional groups attached to an aromatic ring is 2. The monoisotopic (exact) mass is 710 g/mol. The highest BCUT2D eigenvalue weighted by Gasteiger charge is 2.11. The van der Waals surface area contributed by atoms with Gasteiger partial charge in [-0.1, -0.05) is 42.2 Å². The molecule has 4 aromatic heterocycles. The maximum atomic E-state index is 6.15. The van der Waals surface area contributed by atoms with Gasteiger partial charge in [-0.25, -0.2) is 9.97 Å². The quantitative estimate of drug-likeness (QED) is 0.134. The number of benzene rings is 4. The number of rotatable bonds is 5. The summed E-state index contributed by atoms with van der Waals surface area (Å²) in [5, 5.41) is 4.17. The fourth-order valence-corrected chi connectivity index (χ4v) is 6.68. The predicted molar refractivity (Wildman–Crippen MR) is 221 cm³/mol. The molecule has 0 aliphatic heterocycles. The van der Waals surface area contributed by atoms with Crippen LogP contribution >= 0.6 is 0 Å². The first-order chi connectivity index (χ1) is 26.1. The van der Waals surface area contributed by atoms with E-state index in [1.807, 2.05) is 56.4 Å². The summed E-state index contributed by atoms with van der Waals surface area (Å²) in [6, 6.07) is 28.8. The van der Waals surface area contributed by atoms with Crippen molar-refractivity contribution < 1.29 is 9.47 Å². The number of anilines is 2. The third kappa shape index (κ3) is 7.43. The van der Waals surface area contributed by atoms with Crippen LogP contribution in [-0.4, -0.2) is 34.2 Å². The second-order valence-electron chi connectivity index (χ2n) is 13.6. The van der Waals surface area contributed by atoms with Crippen LogP contribution in [0.15, 0.2) is 97.3 Å². The molecule has 0 saturated carbocycles. The Hall–Kier alpha value is -6.72. The zero-order valence-corrected chi connectivity index (χ0v) is 31.4. The first-order valence-electron chi connectivity index (χ1n) is 17.8. The zero-order chi connectivity index (χ0) is 37.9. The molecule has 4 aromatic carbocycles. The van der Waals surface area contributed by atoms with Crippen molar-refractivity contribution in [1.82, 2.24) is 19.9 Å². The molecule has 0 unspecified atom stereocenters. The molecule has 0 aliphatic carbocycles. The van der Waals surface area contributed by atoms with Gasteiger partial charge in [0.05, 0.1) is 25.3 Å². The van der Waals surface area contributed by atoms with E-state index in [1.54, 1.807) is 20.4 Å². The van der Waals surface area contributed by atoms with E-state index in [0.717, 1.165) is 84.7 Å². The molecule has 0 radical (unpaired) electrons. The van der Waals surface area contributed by atoms with Crippen LogP contribution in [0.4, 0.5) is 11.6 Å². The minimum absolute atomic E-state index is 0.439. The summed E-state index contributed by atoms with van der Waals surface area (Å²) in [7, 11) is 3.36. The Morgan fingerprint density at radius 2 is 1.13 bits per heavy atom. The van der Waals surface area contributed by atoms with Crippen LogP contribution in [0, 0.1) is 39.5 Å². The molecule has 268 valence electrons. The first-order valence-corrected chi connectivity index (χ1v) is 17.8. The van der Waals surface area contributed by atoms with Gasteiger partial charge in [0.1, 0.15) is 22.5 Å². The van der Waals surface area contributed by atoms with Crippen LogP contribution in [0.5, 0.6) is 11.5 Å². The summed E-state index contributed by atoms with van der Waals surface area (Å²) in [5.41, 5.74) is 24.5. The van der Waals surface area contributed by atoms with Gasteiger partial charge in [-0.05, 0) is 129 Å². The molecule has 0 amide bonds. The standard InChI is InChI=1S/C23H23N3O.C23H19N3O/c2*1-14-4-9-19-20-12-16(13-25-22(20)23(24)26-21(19)10-14)5-6-17-7-8-18(27-3)11-15(17)2/h4,7-13H,5-6H2,1-3H3,(H2,24,26);4,7-13H,1-3H3,(H2,24,26). The number of hydrogen-bond donors (Lipinski definition) is 2. The molecule has 0 bridgehead atoms. The molecule has 4 N–H and O–H groups in total. The lowest BCUT2D eigenvalue weighted by atomic mass is 9.99. The van der Waals surface area contributed by atoms with E-state index < -0.39 is 0 Å². The maximum absolute atomic E-state index is 6.15. The lowest BCUT2D eigenvalue weighted by Gasteiger charge is -2.10. The number of aromatic nitrogens is 4. The van der Waals surface area contributed by atoms with Crippen molar-refractivity contribution in [1.29, 1.82) is 0 Å². The van der Waals surface area contributed by atoms with Crippen LogP contribution in [0.25, 0.3) is 43.6 Å². The molecule has 0 spiro atoms. The Bertz CT molecular complexity index is 2780. The number of pyridine rings is 4. The normalized spacial score (nSPS) is 10.9. The minimum Gasteiger partial charge on any atom is -0.497 e. The summed E-state index contributed by atoms with van der Waals surface area (Å²) in [4.78, 5) is 18.1. The van der Waals surface area contributed by atoms with Crippen molar-refractivity contribution in [3.8, 4) is 23.3 Å². The molecule has 8 heteroatoms. The molecule has 4 heterocycles. The number of nitrogens with two attached hydrogens (primary N) is 2. The summed E-state index contributed by atoms with van der Waals surface area (Å²) in [6.07, 6.45) is 5.54. The van der Waals surface area contributed by atoms with Crippen molar-refractivity contribution in [2.75, 3.05) is 25.7 Å². The highest BCUT2D eigenvalue weighted by Crippen LogP contribution is 2.30. The van der Waals surface area contributed by atoms with Gasteiger partial charge in [-0.15, -0.1) is 0 Å². The number of ether oxygens (including phenoxy) is 2. The van der Waals surface area contributed by atoms with Crippen LogP contribution in [0.2, 0.25) is 0 Å². The van der Waals surface area contributed by atoms with Crippen molar-refractivity contribution in [2.24, 2.45) is 0 Å². The van der Waals surface area contributed by atoms with Gasteiger partial charge < -0.3 is 20.9 Å². The summed E-state index contributed by atoms with van der Waals surface area (Å²) < 4.78 is 10.5. The van der Waals surface area contributed by atoms with E-state index in [4.69, 9.17) is 20.9 Å². The van der Waals surface area contributed by atoms with Gasteiger partial charge >= 0.3 is 0 Å². The van der Waals surface area contributed by atoms with Gasteiger partial charge in [-0.3, -0.25) is 9.97 Å². The topological polar surface area (TPSA) is 122 Å². The van der Waals surface area contributed by atoms with Crippen LogP contribution in [0.3, 0.4) is 0 Å². The number of aryl methyl sites for hydroxylation is 6. The van der Waals surface area contributed by atoms with Gasteiger partial charge in [0.2, 0.25) is 0 Å².